The number of nitrogens with one attached hydrogen (secondary N) is 1. The number of hydrogen-bond donors (Lipinski definition) is 2. The van der Waals surface area contributed by atoms with Crippen LogP contribution in [0.1, 0.15) is 91.4 Å². The fourth-order valence-corrected chi connectivity index (χ4v) is 2.97. The predicted molar refractivity (Wildman–Crippen MR) is 127 cm³/mol. The molecule has 3 heteroatoms. The standard InChI is InChI=1S/C26H45NO2/c1-4-5-6-7-8-9-10-11-12-13-14-15-16-17-18-19-20-21-22-27-25(26(28)29)23-24(2)3/h8-9,11-12,14-15,17-18,24-25,27H,4-7,10,13,16,19-23H2,1-3H3,(H,28,29)/b9-8-,12-11-,15-14-,18-17-/t25-/m0/s1. The van der Waals surface area contributed by atoms with Crippen molar-refractivity contribution < 1.29 is 9.90 Å². The summed E-state index contributed by atoms with van der Waals surface area (Å²) in [4.78, 5) is 11.2. The summed E-state index contributed by atoms with van der Waals surface area (Å²) in [6.07, 6.45) is 29.9. The van der Waals surface area contributed by atoms with Crippen LogP contribution in [-0.2, 0) is 4.79 Å². The van der Waals surface area contributed by atoms with E-state index in [0.717, 1.165) is 45.1 Å². The number of rotatable bonds is 19. The van der Waals surface area contributed by atoms with Gasteiger partial charge in [-0.1, -0.05) is 82.2 Å². The topological polar surface area (TPSA) is 49.3 Å². The van der Waals surface area contributed by atoms with Gasteiger partial charge < -0.3 is 10.4 Å². The lowest BCUT2D eigenvalue weighted by Crippen LogP contribution is -2.38. The molecule has 0 aromatic carbocycles. The first-order chi connectivity index (χ1) is 14.1. The second-order valence-corrected chi connectivity index (χ2v) is 8.06. The van der Waals surface area contributed by atoms with Gasteiger partial charge in [0.25, 0.3) is 0 Å². The molecule has 0 bridgehead atoms. The van der Waals surface area contributed by atoms with Gasteiger partial charge in [0.05, 0.1) is 0 Å². The molecule has 0 fully saturated rings. The minimum atomic E-state index is -0.737. The van der Waals surface area contributed by atoms with Gasteiger partial charge in [0.1, 0.15) is 6.04 Å². The van der Waals surface area contributed by atoms with E-state index < -0.39 is 12.0 Å². The van der Waals surface area contributed by atoms with E-state index in [2.05, 4.69) is 74.7 Å². The molecule has 0 aromatic rings. The summed E-state index contributed by atoms with van der Waals surface area (Å²) in [6, 6.07) is -0.411. The van der Waals surface area contributed by atoms with Crippen molar-refractivity contribution in [2.45, 2.75) is 97.4 Å². The molecule has 1 atom stereocenters. The Morgan fingerprint density at radius 3 is 1.72 bits per heavy atom. The van der Waals surface area contributed by atoms with Crippen molar-refractivity contribution in [3.8, 4) is 0 Å². The Kier molecular flexibility index (Phi) is 19.9. The Morgan fingerprint density at radius 1 is 0.793 bits per heavy atom. The van der Waals surface area contributed by atoms with Crippen LogP contribution >= 0.6 is 0 Å². The molecule has 2 N–H and O–H groups in total. The van der Waals surface area contributed by atoms with Crippen molar-refractivity contribution in [1.29, 1.82) is 0 Å². The van der Waals surface area contributed by atoms with Crippen molar-refractivity contribution >= 4 is 5.97 Å². The van der Waals surface area contributed by atoms with E-state index in [0.29, 0.717) is 12.3 Å². The van der Waals surface area contributed by atoms with Crippen molar-refractivity contribution in [2.75, 3.05) is 6.54 Å². The van der Waals surface area contributed by atoms with Gasteiger partial charge in [0, 0.05) is 0 Å². The van der Waals surface area contributed by atoms with Crippen LogP contribution in [0.3, 0.4) is 0 Å². The first-order valence-electron chi connectivity index (χ1n) is 11.6. The van der Waals surface area contributed by atoms with E-state index in [9.17, 15) is 9.90 Å². The molecule has 0 aliphatic heterocycles. The molecule has 0 aliphatic rings. The fourth-order valence-electron chi connectivity index (χ4n) is 2.97. The van der Waals surface area contributed by atoms with Gasteiger partial charge in [-0.15, -0.1) is 0 Å². The van der Waals surface area contributed by atoms with E-state index in [-0.39, 0.29) is 0 Å². The van der Waals surface area contributed by atoms with Crippen LogP contribution in [0.4, 0.5) is 0 Å². The summed E-state index contributed by atoms with van der Waals surface area (Å²) in [5.74, 6) is -0.341. The molecule has 0 aliphatic carbocycles. The lowest BCUT2D eigenvalue weighted by atomic mass is 10.0. The third kappa shape index (κ3) is 20.9. The normalized spacial score (nSPS) is 13.7. The van der Waals surface area contributed by atoms with Gasteiger partial charge in [-0.2, -0.15) is 0 Å². The van der Waals surface area contributed by atoms with Gasteiger partial charge in [0.2, 0.25) is 0 Å². The Balaban J connectivity index is 3.57. The molecule has 3 nitrogen and oxygen atoms in total. The zero-order chi connectivity index (χ0) is 21.6. The van der Waals surface area contributed by atoms with E-state index in [1.807, 2.05) is 0 Å². The average Bonchev–Trinajstić information content (AvgIpc) is 2.68. The molecule has 0 heterocycles. The van der Waals surface area contributed by atoms with Gasteiger partial charge in [-0.3, -0.25) is 4.79 Å². The Hall–Kier alpha value is -1.61. The second kappa shape index (κ2) is 21.1. The van der Waals surface area contributed by atoms with E-state index in [4.69, 9.17) is 0 Å². The molecule has 0 rings (SSSR count). The molecule has 0 spiro atoms. The van der Waals surface area contributed by atoms with E-state index in [1.54, 1.807) is 0 Å². The van der Waals surface area contributed by atoms with Crippen LogP contribution in [0, 0.1) is 5.92 Å². The SMILES string of the molecule is CCCCC/C=C\C/C=C\C/C=C\C/C=C\CCCCN[C@@H](CC(C)C)C(=O)O. The van der Waals surface area contributed by atoms with Gasteiger partial charge in [0.15, 0.2) is 0 Å². The maximum absolute atomic E-state index is 11.2. The maximum atomic E-state index is 11.2. The highest BCUT2D eigenvalue weighted by Gasteiger charge is 2.17. The molecule has 0 aromatic heterocycles. The molecular formula is C26H45NO2. The third-order valence-electron chi connectivity index (χ3n) is 4.65. The molecule has 0 saturated carbocycles. The first kappa shape index (κ1) is 27.4. The Labute approximate surface area is 180 Å². The summed E-state index contributed by atoms with van der Waals surface area (Å²) in [5, 5.41) is 12.3. The minimum Gasteiger partial charge on any atom is -0.480 e. The Bertz CT molecular complexity index is 489. The van der Waals surface area contributed by atoms with Crippen LogP contribution in [-0.4, -0.2) is 23.7 Å². The number of hydrogen-bond acceptors (Lipinski definition) is 2. The van der Waals surface area contributed by atoms with Gasteiger partial charge in [-0.25, -0.2) is 0 Å². The monoisotopic (exact) mass is 403 g/mol. The number of carboxylic acid groups (broad SMARTS) is 1. The second-order valence-electron chi connectivity index (χ2n) is 8.06. The molecule has 0 amide bonds. The fraction of sp³-hybridized carbons (Fsp3) is 0.654. The highest BCUT2D eigenvalue weighted by atomic mass is 16.4. The minimum absolute atomic E-state index is 0.396. The summed E-state index contributed by atoms with van der Waals surface area (Å²) < 4.78 is 0. The molecule has 0 radical (unpaired) electrons. The number of allylic oxidation sites excluding steroid dienone is 8. The molecule has 166 valence electrons. The van der Waals surface area contributed by atoms with Crippen molar-refractivity contribution in [3.63, 3.8) is 0 Å². The van der Waals surface area contributed by atoms with Crippen LogP contribution in [0.5, 0.6) is 0 Å². The van der Waals surface area contributed by atoms with Crippen LogP contribution in [0.25, 0.3) is 0 Å². The molecule has 29 heavy (non-hydrogen) atoms. The smallest absolute Gasteiger partial charge is 0.320 e. The van der Waals surface area contributed by atoms with Gasteiger partial charge in [-0.05, 0) is 70.3 Å². The largest absolute Gasteiger partial charge is 0.480 e. The molecule has 0 saturated heterocycles. The van der Waals surface area contributed by atoms with Crippen molar-refractivity contribution in [1.82, 2.24) is 5.32 Å². The molecular weight excluding hydrogens is 358 g/mol. The zero-order valence-corrected chi connectivity index (χ0v) is 19.1. The third-order valence-corrected chi connectivity index (χ3v) is 4.65. The number of carbonyl (C=O) groups is 1. The number of carboxylic acids is 1. The quantitative estimate of drug-likeness (QED) is 0.177. The Morgan fingerprint density at radius 2 is 1.28 bits per heavy atom. The predicted octanol–water partition coefficient (Wildman–Crippen LogP) is 7.22. The van der Waals surface area contributed by atoms with Gasteiger partial charge >= 0.3 is 5.97 Å². The molecule has 0 unspecified atom stereocenters. The number of unbranched alkanes of at least 4 members (excludes halogenated alkanes) is 5. The zero-order valence-electron chi connectivity index (χ0n) is 19.1. The maximum Gasteiger partial charge on any atom is 0.320 e. The number of aliphatic carboxylic acids is 1. The summed E-state index contributed by atoms with van der Waals surface area (Å²) in [6.45, 7) is 7.13. The van der Waals surface area contributed by atoms with Crippen LogP contribution < -0.4 is 5.32 Å². The average molecular weight is 404 g/mol. The van der Waals surface area contributed by atoms with Crippen LogP contribution in [0.2, 0.25) is 0 Å². The van der Waals surface area contributed by atoms with Crippen molar-refractivity contribution in [2.24, 2.45) is 5.92 Å². The van der Waals surface area contributed by atoms with E-state index in [1.165, 1.54) is 25.7 Å². The summed E-state index contributed by atoms with van der Waals surface area (Å²) in [5.41, 5.74) is 0. The summed E-state index contributed by atoms with van der Waals surface area (Å²) in [7, 11) is 0. The highest BCUT2D eigenvalue weighted by Crippen LogP contribution is 2.06. The lowest BCUT2D eigenvalue weighted by molar-refractivity contribution is -0.139. The summed E-state index contributed by atoms with van der Waals surface area (Å²) >= 11 is 0. The highest BCUT2D eigenvalue weighted by molar-refractivity contribution is 5.73. The first-order valence-corrected chi connectivity index (χ1v) is 11.6. The lowest BCUT2D eigenvalue weighted by Gasteiger charge is -2.16. The van der Waals surface area contributed by atoms with Crippen LogP contribution in [0.15, 0.2) is 48.6 Å². The van der Waals surface area contributed by atoms with Crippen molar-refractivity contribution in [3.05, 3.63) is 48.6 Å². The van der Waals surface area contributed by atoms with E-state index >= 15 is 0 Å².